The second kappa shape index (κ2) is 8.33. The van der Waals surface area contributed by atoms with Crippen LogP contribution in [0.3, 0.4) is 0 Å². The molecular weight excluding hydrogens is 354 g/mol. The Labute approximate surface area is 165 Å². The SMILES string of the molecule is CCn1nc(C)c(CN(C)C(=O)c2ccc(COc3ccccc3C)o2)c1C. The summed E-state index contributed by atoms with van der Waals surface area (Å²) in [6, 6.07) is 11.3. The highest BCUT2D eigenvalue weighted by molar-refractivity contribution is 5.91. The molecule has 2 heterocycles. The normalized spacial score (nSPS) is 10.9. The average molecular weight is 381 g/mol. The first-order valence-corrected chi connectivity index (χ1v) is 9.46. The highest BCUT2D eigenvalue weighted by Crippen LogP contribution is 2.20. The molecule has 0 saturated heterocycles. The summed E-state index contributed by atoms with van der Waals surface area (Å²) in [6.07, 6.45) is 0. The number of nitrogens with zero attached hydrogens (tertiary/aromatic N) is 3. The molecule has 2 aromatic heterocycles. The van der Waals surface area contributed by atoms with E-state index in [-0.39, 0.29) is 12.5 Å². The molecule has 0 saturated carbocycles. The van der Waals surface area contributed by atoms with Gasteiger partial charge in [0.2, 0.25) is 0 Å². The number of rotatable bonds is 7. The summed E-state index contributed by atoms with van der Waals surface area (Å²) in [5.41, 5.74) is 4.17. The lowest BCUT2D eigenvalue weighted by Crippen LogP contribution is -2.26. The number of carbonyl (C=O) groups excluding carboxylic acids is 1. The summed E-state index contributed by atoms with van der Waals surface area (Å²) in [7, 11) is 1.77. The molecule has 28 heavy (non-hydrogen) atoms. The number of furan rings is 1. The van der Waals surface area contributed by atoms with Crippen LogP contribution in [0.1, 0.15) is 45.8 Å². The van der Waals surface area contributed by atoms with Crippen LogP contribution in [-0.2, 0) is 19.7 Å². The van der Waals surface area contributed by atoms with Gasteiger partial charge in [-0.05, 0) is 51.5 Å². The maximum Gasteiger partial charge on any atom is 0.289 e. The zero-order valence-corrected chi connectivity index (χ0v) is 17.2. The van der Waals surface area contributed by atoms with Gasteiger partial charge >= 0.3 is 0 Å². The zero-order valence-electron chi connectivity index (χ0n) is 17.2. The topological polar surface area (TPSA) is 60.5 Å². The number of hydrogen-bond acceptors (Lipinski definition) is 4. The molecule has 0 bridgehead atoms. The van der Waals surface area contributed by atoms with E-state index in [4.69, 9.17) is 9.15 Å². The molecule has 6 heteroatoms. The third kappa shape index (κ3) is 4.11. The van der Waals surface area contributed by atoms with Crippen molar-refractivity contribution in [2.75, 3.05) is 7.05 Å². The van der Waals surface area contributed by atoms with E-state index in [2.05, 4.69) is 12.0 Å². The molecule has 0 unspecified atom stereocenters. The van der Waals surface area contributed by atoms with Gasteiger partial charge in [0.15, 0.2) is 5.76 Å². The van der Waals surface area contributed by atoms with Crippen LogP contribution in [0.25, 0.3) is 0 Å². The summed E-state index contributed by atoms with van der Waals surface area (Å²) in [5.74, 6) is 1.57. The molecule has 148 valence electrons. The fraction of sp³-hybridized carbons (Fsp3) is 0.364. The third-order valence-electron chi connectivity index (χ3n) is 4.91. The van der Waals surface area contributed by atoms with Crippen LogP contribution >= 0.6 is 0 Å². The molecule has 0 fully saturated rings. The van der Waals surface area contributed by atoms with Crippen molar-refractivity contribution in [1.29, 1.82) is 0 Å². The van der Waals surface area contributed by atoms with Crippen LogP contribution in [0.5, 0.6) is 5.75 Å². The highest BCUT2D eigenvalue weighted by atomic mass is 16.5. The van der Waals surface area contributed by atoms with E-state index in [0.717, 1.165) is 34.8 Å². The van der Waals surface area contributed by atoms with E-state index in [0.29, 0.717) is 18.1 Å². The number of aryl methyl sites for hydroxylation is 3. The van der Waals surface area contributed by atoms with Crippen molar-refractivity contribution in [2.45, 2.75) is 47.4 Å². The minimum Gasteiger partial charge on any atom is -0.485 e. The summed E-state index contributed by atoms with van der Waals surface area (Å²) in [4.78, 5) is 14.4. The number of ether oxygens (including phenoxy) is 1. The molecule has 0 aliphatic rings. The standard InChI is InChI=1S/C22H27N3O3/c1-6-25-17(4)19(16(3)23-25)13-24(5)22(26)21-12-11-18(28-21)14-27-20-10-8-7-9-15(20)2/h7-12H,6,13-14H2,1-5H3. The maximum absolute atomic E-state index is 12.8. The summed E-state index contributed by atoms with van der Waals surface area (Å²) in [6.45, 7) is 9.64. The number of benzene rings is 1. The molecule has 0 N–H and O–H groups in total. The Morgan fingerprint density at radius 2 is 1.93 bits per heavy atom. The average Bonchev–Trinajstić information content (AvgIpc) is 3.26. The van der Waals surface area contributed by atoms with E-state index >= 15 is 0 Å². The summed E-state index contributed by atoms with van der Waals surface area (Å²) < 4.78 is 13.5. The van der Waals surface area contributed by atoms with Crippen molar-refractivity contribution in [3.8, 4) is 5.75 Å². The first-order valence-electron chi connectivity index (χ1n) is 9.46. The molecule has 1 amide bonds. The zero-order chi connectivity index (χ0) is 20.3. The van der Waals surface area contributed by atoms with Gasteiger partial charge in [-0.3, -0.25) is 9.48 Å². The van der Waals surface area contributed by atoms with Gasteiger partial charge in [0, 0.05) is 31.4 Å². The van der Waals surface area contributed by atoms with E-state index < -0.39 is 0 Å². The van der Waals surface area contributed by atoms with Crippen LogP contribution in [0, 0.1) is 20.8 Å². The van der Waals surface area contributed by atoms with E-state index in [1.807, 2.05) is 49.7 Å². The van der Waals surface area contributed by atoms with Gasteiger partial charge in [-0.15, -0.1) is 0 Å². The minimum absolute atomic E-state index is 0.162. The van der Waals surface area contributed by atoms with E-state index in [1.165, 1.54) is 0 Å². The van der Waals surface area contributed by atoms with Crippen molar-refractivity contribution < 1.29 is 13.9 Å². The first kappa shape index (κ1) is 19.7. The van der Waals surface area contributed by atoms with Gasteiger partial charge in [0.1, 0.15) is 18.1 Å². The predicted molar refractivity (Wildman–Crippen MR) is 107 cm³/mol. The van der Waals surface area contributed by atoms with E-state index in [1.54, 1.807) is 24.1 Å². The Hall–Kier alpha value is -3.02. The highest BCUT2D eigenvalue weighted by Gasteiger charge is 2.20. The van der Waals surface area contributed by atoms with Gasteiger partial charge in [0.25, 0.3) is 5.91 Å². The second-order valence-electron chi connectivity index (χ2n) is 6.95. The molecule has 1 aromatic carbocycles. The second-order valence-corrected chi connectivity index (χ2v) is 6.95. The van der Waals surface area contributed by atoms with Crippen molar-refractivity contribution in [3.05, 3.63) is 70.4 Å². The van der Waals surface area contributed by atoms with Gasteiger partial charge in [-0.25, -0.2) is 0 Å². The molecule has 6 nitrogen and oxygen atoms in total. The molecule has 0 spiro atoms. The smallest absolute Gasteiger partial charge is 0.289 e. The first-order chi connectivity index (χ1) is 13.4. The minimum atomic E-state index is -0.162. The van der Waals surface area contributed by atoms with Crippen molar-refractivity contribution >= 4 is 5.91 Å². The number of para-hydroxylation sites is 1. The van der Waals surface area contributed by atoms with E-state index in [9.17, 15) is 4.79 Å². The van der Waals surface area contributed by atoms with Gasteiger partial charge < -0.3 is 14.1 Å². The fourth-order valence-electron chi connectivity index (χ4n) is 3.21. The van der Waals surface area contributed by atoms with Crippen molar-refractivity contribution in [3.63, 3.8) is 0 Å². The maximum atomic E-state index is 12.8. The lowest BCUT2D eigenvalue weighted by Gasteiger charge is -2.16. The van der Waals surface area contributed by atoms with Gasteiger partial charge in [-0.1, -0.05) is 18.2 Å². The summed E-state index contributed by atoms with van der Waals surface area (Å²) in [5, 5.41) is 4.52. The Morgan fingerprint density at radius 1 is 1.18 bits per heavy atom. The number of hydrogen-bond donors (Lipinski definition) is 0. The quantitative estimate of drug-likeness (QED) is 0.613. The summed E-state index contributed by atoms with van der Waals surface area (Å²) >= 11 is 0. The molecule has 0 atom stereocenters. The Kier molecular flexibility index (Phi) is 5.87. The van der Waals surface area contributed by atoms with Crippen molar-refractivity contribution in [1.82, 2.24) is 14.7 Å². The predicted octanol–water partition coefficient (Wildman–Crippen LogP) is 4.27. The van der Waals surface area contributed by atoms with Crippen LogP contribution in [0.4, 0.5) is 0 Å². The number of aromatic nitrogens is 2. The van der Waals surface area contributed by atoms with Crippen LogP contribution < -0.4 is 4.74 Å². The number of carbonyl (C=O) groups is 1. The molecule has 0 radical (unpaired) electrons. The molecular formula is C22H27N3O3. The lowest BCUT2D eigenvalue weighted by molar-refractivity contribution is 0.0749. The molecule has 3 rings (SSSR count). The molecule has 3 aromatic rings. The Bertz CT molecular complexity index is 971. The molecule has 0 aliphatic heterocycles. The van der Waals surface area contributed by atoms with Crippen LogP contribution in [-0.4, -0.2) is 27.6 Å². The fourth-order valence-corrected chi connectivity index (χ4v) is 3.21. The number of amides is 1. The Balaban J connectivity index is 1.65. The largest absolute Gasteiger partial charge is 0.485 e. The molecule has 0 aliphatic carbocycles. The van der Waals surface area contributed by atoms with Crippen LogP contribution in [0.2, 0.25) is 0 Å². The van der Waals surface area contributed by atoms with Crippen LogP contribution in [0.15, 0.2) is 40.8 Å². The van der Waals surface area contributed by atoms with Gasteiger partial charge in [0.05, 0.1) is 5.69 Å². The third-order valence-corrected chi connectivity index (χ3v) is 4.91. The van der Waals surface area contributed by atoms with Crippen molar-refractivity contribution in [2.24, 2.45) is 0 Å². The van der Waals surface area contributed by atoms with Gasteiger partial charge in [-0.2, -0.15) is 5.10 Å². The lowest BCUT2D eigenvalue weighted by atomic mass is 10.2. The monoisotopic (exact) mass is 381 g/mol. The Morgan fingerprint density at radius 3 is 2.61 bits per heavy atom.